The smallest absolute Gasteiger partial charge is 0.224 e. The molecule has 14 heavy (non-hydrogen) atoms. The molecule has 0 amide bonds. The molecule has 1 aromatic rings. The number of halogens is 1. The van der Waals surface area contributed by atoms with Crippen molar-refractivity contribution < 1.29 is 0 Å². The first-order valence-electron chi connectivity index (χ1n) is 4.64. The number of hydrogen-bond acceptors (Lipinski definition) is 3. The van der Waals surface area contributed by atoms with Gasteiger partial charge in [-0.2, -0.15) is 0 Å². The molecule has 0 aliphatic rings. The minimum Gasteiger partial charge on any atom is -0.367 e. The molecule has 0 fully saturated rings. The fourth-order valence-electron chi connectivity index (χ4n) is 0.854. The summed E-state index contributed by atoms with van der Waals surface area (Å²) in [6.07, 6.45) is 1.65. The van der Waals surface area contributed by atoms with Crippen LogP contribution < -0.4 is 5.32 Å². The second kappa shape index (κ2) is 4.13. The largest absolute Gasteiger partial charge is 0.367 e. The van der Waals surface area contributed by atoms with Crippen molar-refractivity contribution in [2.24, 2.45) is 5.41 Å². The van der Waals surface area contributed by atoms with Gasteiger partial charge in [-0.3, -0.25) is 0 Å². The van der Waals surface area contributed by atoms with Gasteiger partial charge in [0.25, 0.3) is 0 Å². The van der Waals surface area contributed by atoms with Crippen LogP contribution in [-0.4, -0.2) is 16.0 Å². The van der Waals surface area contributed by atoms with Crippen molar-refractivity contribution in [1.82, 2.24) is 9.97 Å². The molecule has 3 nitrogen and oxygen atoms in total. The SMILES string of the molecule is CC(Nc1ccnc(Cl)n1)C(C)(C)C. The summed E-state index contributed by atoms with van der Waals surface area (Å²) in [6, 6.07) is 2.14. The second-order valence-electron chi connectivity index (χ2n) is 4.44. The molecule has 1 rings (SSSR count). The highest BCUT2D eigenvalue weighted by molar-refractivity contribution is 6.28. The van der Waals surface area contributed by atoms with Crippen molar-refractivity contribution in [2.75, 3.05) is 5.32 Å². The lowest BCUT2D eigenvalue weighted by atomic mass is 9.88. The lowest BCUT2D eigenvalue weighted by Crippen LogP contribution is -2.31. The minimum atomic E-state index is 0.192. The Hall–Kier alpha value is -0.830. The van der Waals surface area contributed by atoms with Crippen LogP contribution in [0, 0.1) is 5.41 Å². The molecule has 1 unspecified atom stereocenters. The third-order valence-corrected chi connectivity index (χ3v) is 2.47. The topological polar surface area (TPSA) is 37.8 Å². The van der Waals surface area contributed by atoms with Crippen LogP contribution in [0.3, 0.4) is 0 Å². The first-order valence-corrected chi connectivity index (χ1v) is 5.02. The maximum absolute atomic E-state index is 5.68. The maximum atomic E-state index is 5.68. The molecule has 1 atom stereocenters. The summed E-state index contributed by atoms with van der Waals surface area (Å²) in [7, 11) is 0. The van der Waals surface area contributed by atoms with E-state index in [2.05, 4.69) is 43.0 Å². The highest BCUT2D eigenvalue weighted by Crippen LogP contribution is 2.21. The van der Waals surface area contributed by atoms with Crippen molar-refractivity contribution in [3.63, 3.8) is 0 Å². The van der Waals surface area contributed by atoms with Crippen LogP contribution in [0.2, 0.25) is 5.28 Å². The summed E-state index contributed by atoms with van der Waals surface area (Å²) in [5.41, 5.74) is 0.192. The molecule has 0 saturated carbocycles. The van der Waals surface area contributed by atoms with Gasteiger partial charge in [-0.15, -0.1) is 0 Å². The zero-order valence-corrected chi connectivity index (χ0v) is 9.76. The zero-order valence-electron chi connectivity index (χ0n) is 9.00. The molecule has 1 aromatic heterocycles. The minimum absolute atomic E-state index is 0.192. The molecular formula is C10H16ClN3. The van der Waals surface area contributed by atoms with Gasteiger partial charge in [-0.05, 0) is 30.0 Å². The van der Waals surface area contributed by atoms with Gasteiger partial charge in [0.2, 0.25) is 5.28 Å². The van der Waals surface area contributed by atoms with E-state index in [1.165, 1.54) is 0 Å². The van der Waals surface area contributed by atoms with E-state index in [0.717, 1.165) is 5.82 Å². The van der Waals surface area contributed by atoms with E-state index in [1.807, 2.05) is 6.07 Å². The monoisotopic (exact) mass is 213 g/mol. The van der Waals surface area contributed by atoms with Crippen LogP contribution in [0.1, 0.15) is 27.7 Å². The molecule has 0 aliphatic carbocycles. The Bertz CT molecular complexity index is 306. The summed E-state index contributed by atoms with van der Waals surface area (Å²) >= 11 is 5.68. The number of nitrogens with zero attached hydrogens (tertiary/aromatic N) is 2. The van der Waals surface area contributed by atoms with Crippen LogP contribution in [0.25, 0.3) is 0 Å². The average Bonchev–Trinajstić information content (AvgIpc) is 2.02. The van der Waals surface area contributed by atoms with Gasteiger partial charge in [0.1, 0.15) is 5.82 Å². The van der Waals surface area contributed by atoms with Gasteiger partial charge in [0.05, 0.1) is 0 Å². The fourth-order valence-corrected chi connectivity index (χ4v) is 1.00. The summed E-state index contributed by atoms with van der Waals surface area (Å²) in [6.45, 7) is 8.64. The van der Waals surface area contributed by atoms with Gasteiger partial charge in [0.15, 0.2) is 0 Å². The lowest BCUT2D eigenvalue weighted by molar-refractivity contribution is 0.358. The number of anilines is 1. The van der Waals surface area contributed by atoms with E-state index in [9.17, 15) is 0 Å². The molecule has 0 radical (unpaired) electrons. The standard InChI is InChI=1S/C10H16ClN3/c1-7(10(2,3)4)13-8-5-6-12-9(11)14-8/h5-7H,1-4H3,(H,12,13,14). The van der Waals surface area contributed by atoms with Gasteiger partial charge >= 0.3 is 0 Å². The van der Waals surface area contributed by atoms with Crippen LogP contribution >= 0.6 is 11.6 Å². The van der Waals surface area contributed by atoms with E-state index >= 15 is 0 Å². The molecular weight excluding hydrogens is 198 g/mol. The summed E-state index contributed by atoms with van der Waals surface area (Å²) in [5, 5.41) is 3.56. The van der Waals surface area contributed by atoms with Gasteiger partial charge in [0, 0.05) is 12.2 Å². The molecule has 78 valence electrons. The molecule has 0 aliphatic heterocycles. The van der Waals surface area contributed by atoms with Gasteiger partial charge < -0.3 is 5.32 Å². The average molecular weight is 214 g/mol. The van der Waals surface area contributed by atoms with Crippen LogP contribution in [0.4, 0.5) is 5.82 Å². The third kappa shape index (κ3) is 3.14. The lowest BCUT2D eigenvalue weighted by Gasteiger charge is -2.28. The molecule has 1 N–H and O–H groups in total. The number of hydrogen-bond donors (Lipinski definition) is 1. The normalized spacial score (nSPS) is 13.8. The molecule has 1 heterocycles. The Morgan fingerprint density at radius 1 is 1.43 bits per heavy atom. The third-order valence-electron chi connectivity index (χ3n) is 2.29. The van der Waals surface area contributed by atoms with Crippen LogP contribution in [0.15, 0.2) is 12.3 Å². The fraction of sp³-hybridized carbons (Fsp3) is 0.600. The maximum Gasteiger partial charge on any atom is 0.224 e. The predicted molar refractivity (Wildman–Crippen MR) is 59.6 cm³/mol. The van der Waals surface area contributed by atoms with Crippen molar-refractivity contribution in [3.8, 4) is 0 Å². The molecule has 4 heteroatoms. The Balaban J connectivity index is 2.70. The van der Waals surface area contributed by atoms with Gasteiger partial charge in [-0.1, -0.05) is 20.8 Å². The zero-order chi connectivity index (χ0) is 10.8. The molecule has 0 saturated heterocycles. The summed E-state index contributed by atoms with van der Waals surface area (Å²) in [5.74, 6) is 0.771. The quantitative estimate of drug-likeness (QED) is 0.768. The van der Waals surface area contributed by atoms with Crippen molar-refractivity contribution in [2.45, 2.75) is 33.7 Å². The number of rotatable bonds is 2. The molecule has 0 spiro atoms. The van der Waals surface area contributed by atoms with Crippen LogP contribution in [-0.2, 0) is 0 Å². The Morgan fingerprint density at radius 2 is 2.07 bits per heavy atom. The van der Waals surface area contributed by atoms with Crippen molar-refractivity contribution >= 4 is 17.4 Å². The second-order valence-corrected chi connectivity index (χ2v) is 4.78. The van der Waals surface area contributed by atoms with Crippen molar-refractivity contribution in [3.05, 3.63) is 17.5 Å². The van der Waals surface area contributed by atoms with E-state index in [1.54, 1.807) is 6.20 Å². The van der Waals surface area contributed by atoms with Crippen LogP contribution in [0.5, 0.6) is 0 Å². The highest BCUT2D eigenvalue weighted by atomic mass is 35.5. The Labute approximate surface area is 89.9 Å². The van der Waals surface area contributed by atoms with Crippen molar-refractivity contribution in [1.29, 1.82) is 0 Å². The molecule has 0 aromatic carbocycles. The Morgan fingerprint density at radius 3 is 2.57 bits per heavy atom. The first kappa shape index (κ1) is 11.2. The highest BCUT2D eigenvalue weighted by Gasteiger charge is 2.19. The van der Waals surface area contributed by atoms with E-state index in [4.69, 9.17) is 11.6 Å². The number of nitrogens with one attached hydrogen (secondary N) is 1. The van der Waals surface area contributed by atoms with E-state index in [0.29, 0.717) is 6.04 Å². The van der Waals surface area contributed by atoms with Gasteiger partial charge in [-0.25, -0.2) is 9.97 Å². The number of aromatic nitrogens is 2. The Kier molecular flexibility index (Phi) is 3.32. The summed E-state index contributed by atoms with van der Waals surface area (Å²) < 4.78 is 0. The van der Waals surface area contributed by atoms with E-state index in [-0.39, 0.29) is 10.7 Å². The van der Waals surface area contributed by atoms with E-state index < -0.39 is 0 Å². The molecule has 0 bridgehead atoms. The summed E-state index contributed by atoms with van der Waals surface area (Å²) in [4.78, 5) is 7.89. The predicted octanol–water partition coefficient (Wildman–Crippen LogP) is 2.98. The first-order chi connectivity index (χ1) is 6.39.